The summed E-state index contributed by atoms with van der Waals surface area (Å²) in [5.74, 6) is 0.305. The van der Waals surface area contributed by atoms with E-state index in [0.717, 1.165) is 0 Å². The summed E-state index contributed by atoms with van der Waals surface area (Å²) in [5, 5.41) is 26.5. The third kappa shape index (κ3) is 3.72. The summed E-state index contributed by atoms with van der Waals surface area (Å²) in [6.45, 7) is 7.75. The van der Waals surface area contributed by atoms with Gasteiger partial charge in [0.15, 0.2) is 6.19 Å². The molecule has 1 aromatic rings. The molecular weight excluding hydrogens is 316 g/mol. The van der Waals surface area contributed by atoms with Gasteiger partial charge in [-0.25, -0.2) is 9.98 Å². The number of nitrogens with zero attached hydrogens (tertiary/aromatic N) is 4. The molecule has 3 N–H and O–H groups in total. The molecule has 1 fully saturated rings. The van der Waals surface area contributed by atoms with Gasteiger partial charge >= 0.3 is 0 Å². The summed E-state index contributed by atoms with van der Waals surface area (Å²) in [6.07, 6.45) is 4.09. The third-order valence-corrected chi connectivity index (χ3v) is 4.28. The standard InChI is InChI=1S/C15H21ClN6O/c1-14(2)8-11(15(3,4)22(14)23)21-13(19-9-17)20-10-5-6-18-12(16)7-10/h5-7,11,23H,8H2,1-4H3,(H2,18,19,20,21). The van der Waals surface area contributed by atoms with Crippen molar-refractivity contribution in [2.45, 2.75) is 51.2 Å². The highest BCUT2D eigenvalue weighted by atomic mass is 35.5. The number of hydrogen-bond acceptors (Lipinski definition) is 5. The van der Waals surface area contributed by atoms with E-state index in [0.29, 0.717) is 23.2 Å². The summed E-state index contributed by atoms with van der Waals surface area (Å²) in [5.41, 5.74) is -0.277. The molecule has 124 valence electrons. The van der Waals surface area contributed by atoms with Crippen LogP contribution in [0.15, 0.2) is 23.3 Å². The average Bonchev–Trinajstić information content (AvgIpc) is 2.59. The largest absolute Gasteiger partial charge is 0.325 e. The van der Waals surface area contributed by atoms with Gasteiger partial charge in [-0.05, 0) is 46.2 Å². The van der Waals surface area contributed by atoms with E-state index >= 15 is 0 Å². The molecule has 23 heavy (non-hydrogen) atoms. The van der Waals surface area contributed by atoms with Crippen LogP contribution < -0.4 is 10.6 Å². The predicted molar refractivity (Wildman–Crippen MR) is 89.2 cm³/mol. The van der Waals surface area contributed by atoms with E-state index < -0.39 is 11.1 Å². The summed E-state index contributed by atoms with van der Waals surface area (Å²) < 4.78 is 0. The maximum absolute atomic E-state index is 10.4. The van der Waals surface area contributed by atoms with Crippen molar-refractivity contribution in [3.8, 4) is 6.19 Å². The molecule has 1 aliphatic rings. The summed E-state index contributed by atoms with van der Waals surface area (Å²) in [6, 6.07) is 3.17. The molecule has 0 bridgehead atoms. The quantitative estimate of drug-likeness (QED) is 0.252. The first-order chi connectivity index (χ1) is 10.7. The molecule has 0 aliphatic carbocycles. The lowest BCUT2D eigenvalue weighted by molar-refractivity contribution is -0.193. The highest BCUT2D eigenvalue weighted by Crippen LogP contribution is 2.40. The first-order valence-electron chi connectivity index (χ1n) is 7.27. The van der Waals surface area contributed by atoms with Gasteiger partial charge in [0.1, 0.15) is 5.15 Å². The van der Waals surface area contributed by atoms with Crippen molar-refractivity contribution in [2.24, 2.45) is 4.99 Å². The molecular formula is C15H21ClN6O. The zero-order chi connectivity index (χ0) is 17.3. The van der Waals surface area contributed by atoms with E-state index in [4.69, 9.17) is 16.9 Å². The van der Waals surface area contributed by atoms with Crippen molar-refractivity contribution in [1.29, 1.82) is 5.26 Å². The lowest BCUT2D eigenvalue weighted by Gasteiger charge is -2.35. The Labute approximate surface area is 140 Å². The summed E-state index contributed by atoms with van der Waals surface area (Å²) in [7, 11) is 0. The molecule has 0 saturated carbocycles. The van der Waals surface area contributed by atoms with Crippen LogP contribution in [0, 0.1) is 11.5 Å². The first-order valence-corrected chi connectivity index (χ1v) is 7.65. The van der Waals surface area contributed by atoms with Gasteiger partial charge in [-0.3, -0.25) is 5.32 Å². The fourth-order valence-electron chi connectivity index (χ4n) is 2.86. The third-order valence-electron chi connectivity index (χ3n) is 4.08. The monoisotopic (exact) mass is 336 g/mol. The van der Waals surface area contributed by atoms with Gasteiger partial charge in [0.25, 0.3) is 0 Å². The molecule has 1 unspecified atom stereocenters. The number of halogens is 1. The van der Waals surface area contributed by atoms with E-state index in [1.54, 1.807) is 18.3 Å². The molecule has 0 radical (unpaired) electrons. The minimum atomic E-state index is -0.552. The molecule has 7 nitrogen and oxygen atoms in total. The predicted octanol–water partition coefficient (Wildman–Crippen LogP) is 2.59. The second-order valence-corrected chi connectivity index (χ2v) is 7.09. The van der Waals surface area contributed by atoms with E-state index in [1.807, 2.05) is 33.9 Å². The number of aliphatic imine (C=N–C) groups is 1. The number of nitriles is 1. The number of pyridine rings is 1. The van der Waals surface area contributed by atoms with Crippen LogP contribution in [-0.4, -0.2) is 38.3 Å². The Morgan fingerprint density at radius 1 is 1.52 bits per heavy atom. The number of guanidine groups is 1. The van der Waals surface area contributed by atoms with Crippen molar-refractivity contribution in [3.63, 3.8) is 0 Å². The van der Waals surface area contributed by atoms with Crippen LogP contribution >= 0.6 is 11.6 Å². The van der Waals surface area contributed by atoms with Crippen molar-refractivity contribution in [2.75, 3.05) is 5.32 Å². The van der Waals surface area contributed by atoms with Crippen LogP contribution in [0.25, 0.3) is 0 Å². The van der Waals surface area contributed by atoms with Crippen LogP contribution in [0.4, 0.5) is 5.69 Å². The van der Waals surface area contributed by atoms with Crippen molar-refractivity contribution in [3.05, 3.63) is 23.5 Å². The smallest absolute Gasteiger partial charge is 0.209 e. The molecule has 2 rings (SSSR count). The SMILES string of the molecule is CC1(C)CC(N=C(NC#N)Nc2ccnc(Cl)c2)C(C)(C)N1O. The minimum absolute atomic E-state index is 0.192. The minimum Gasteiger partial charge on any atom is -0.325 e. The Kier molecular flexibility index (Phi) is 4.80. The fraction of sp³-hybridized carbons (Fsp3) is 0.533. The van der Waals surface area contributed by atoms with Crippen LogP contribution in [0.3, 0.4) is 0 Å². The van der Waals surface area contributed by atoms with Gasteiger partial charge in [0, 0.05) is 17.4 Å². The number of hydrogen-bond donors (Lipinski definition) is 3. The molecule has 2 heterocycles. The van der Waals surface area contributed by atoms with E-state index in [1.165, 1.54) is 5.06 Å². The summed E-state index contributed by atoms with van der Waals surface area (Å²) >= 11 is 5.86. The van der Waals surface area contributed by atoms with Gasteiger partial charge in [0.05, 0.1) is 11.6 Å². The van der Waals surface area contributed by atoms with Gasteiger partial charge < -0.3 is 10.5 Å². The zero-order valence-corrected chi connectivity index (χ0v) is 14.4. The lowest BCUT2D eigenvalue weighted by atomic mass is 9.95. The highest BCUT2D eigenvalue weighted by Gasteiger charge is 2.51. The van der Waals surface area contributed by atoms with Gasteiger partial charge in [0.2, 0.25) is 5.96 Å². The Balaban J connectivity index is 2.27. The van der Waals surface area contributed by atoms with Gasteiger partial charge in [-0.2, -0.15) is 10.3 Å². The Morgan fingerprint density at radius 3 is 2.74 bits per heavy atom. The maximum atomic E-state index is 10.4. The fourth-order valence-corrected chi connectivity index (χ4v) is 3.03. The molecule has 1 atom stereocenters. The van der Waals surface area contributed by atoms with Gasteiger partial charge in [-0.1, -0.05) is 11.6 Å². The van der Waals surface area contributed by atoms with Crippen LogP contribution in [0.5, 0.6) is 0 Å². The molecule has 0 aromatic carbocycles. The number of hydroxylamine groups is 2. The Hall–Kier alpha value is -1.88. The molecule has 1 saturated heterocycles. The van der Waals surface area contributed by atoms with Crippen LogP contribution in [-0.2, 0) is 0 Å². The van der Waals surface area contributed by atoms with Crippen LogP contribution in [0.2, 0.25) is 5.15 Å². The first kappa shape index (κ1) is 17.5. The Morgan fingerprint density at radius 2 is 2.22 bits per heavy atom. The molecule has 1 aromatic heterocycles. The second kappa shape index (κ2) is 6.32. The number of nitrogens with one attached hydrogen (secondary N) is 2. The number of anilines is 1. The Bertz CT molecular complexity index is 652. The molecule has 1 aliphatic heterocycles. The molecule has 0 spiro atoms. The van der Waals surface area contributed by atoms with Crippen molar-refractivity contribution in [1.82, 2.24) is 15.4 Å². The molecule has 0 amide bonds. The number of rotatable bonds is 2. The zero-order valence-electron chi connectivity index (χ0n) is 13.6. The second-order valence-electron chi connectivity index (χ2n) is 6.70. The number of aromatic nitrogens is 1. The van der Waals surface area contributed by atoms with E-state index in [9.17, 15) is 5.21 Å². The summed E-state index contributed by atoms with van der Waals surface area (Å²) in [4.78, 5) is 8.50. The van der Waals surface area contributed by atoms with E-state index in [2.05, 4.69) is 20.6 Å². The lowest BCUT2D eigenvalue weighted by Crippen LogP contribution is -2.48. The normalized spacial score (nSPS) is 23.3. The van der Waals surface area contributed by atoms with E-state index in [-0.39, 0.29) is 6.04 Å². The van der Waals surface area contributed by atoms with Crippen LogP contribution in [0.1, 0.15) is 34.1 Å². The average molecular weight is 337 g/mol. The maximum Gasteiger partial charge on any atom is 0.209 e. The van der Waals surface area contributed by atoms with Gasteiger partial charge in [-0.15, -0.1) is 0 Å². The van der Waals surface area contributed by atoms with Crippen molar-refractivity contribution < 1.29 is 5.21 Å². The molecule has 8 heteroatoms. The highest BCUT2D eigenvalue weighted by molar-refractivity contribution is 6.29. The van der Waals surface area contributed by atoms with Crippen molar-refractivity contribution >= 4 is 23.2 Å². The topological polar surface area (TPSA) is 96.6 Å².